The Balaban J connectivity index is 1.67. The highest BCUT2D eigenvalue weighted by Gasteiger charge is 2.55. The van der Waals surface area contributed by atoms with Gasteiger partial charge in [0.05, 0.1) is 21.7 Å². The van der Waals surface area contributed by atoms with Crippen LogP contribution < -0.4 is 10.6 Å². The Hall–Kier alpha value is -2.97. The molecule has 0 atom stereocenters. The van der Waals surface area contributed by atoms with Crippen LogP contribution in [-0.4, -0.2) is 66.8 Å². The van der Waals surface area contributed by atoms with Gasteiger partial charge >= 0.3 is 0 Å². The summed E-state index contributed by atoms with van der Waals surface area (Å²) in [6.45, 7) is 7.92. The fourth-order valence-electron chi connectivity index (χ4n) is 4.94. The van der Waals surface area contributed by atoms with E-state index in [1.165, 1.54) is 13.1 Å². The lowest BCUT2D eigenvalue weighted by atomic mass is 9.68. The highest BCUT2D eigenvalue weighted by Crippen LogP contribution is 2.42. The van der Waals surface area contributed by atoms with Crippen LogP contribution in [-0.2, 0) is 15.0 Å². The normalized spacial score (nSPS) is 17.5. The van der Waals surface area contributed by atoms with Gasteiger partial charge in [0.2, 0.25) is 11.8 Å². The Morgan fingerprint density at radius 1 is 1.14 bits per heavy atom. The van der Waals surface area contributed by atoms with Gasteiger partial charge in [-0.15, -0.1) is 0 Å². The lowest BCUT2D eigenvalue weighted by Crippen LogP contribution is -2.73. The van der Waals surface area contributed by atoms with Crippen LogP contribution in [0, 0.1) is 5.82 Å². The van der Waals surface area contributed by atoms with Crippen molar-refractivity contribution < 1.29 is 18.8 Å². The van der Waals surface area contributed by atoms with Gasteiger partial charge < -0.3 is 15.5 Å². The molecule has 9 heteroatoms. The molecular formula is C26H30ClFN4O3. The SMILES string of the molecule is CNC(=O)c1cc(Cl)c(F)cc1NC(=O)C1(c2ccccc2C(C)C)CN(C2CN(C(C)=O)C2)C1. The molecule has 35 heavy (non-hydrogen) atoms. The van der Waals surface area contributed by atoms with E-state index >= 15 is 0 Å². The zero-order valence-electron chi connectivity index (χ0n) is 20.3. The van der Waals surface area contributed by atoms with Gasteiger partial charge in [-0.3, -0.25) is 19.3 Å². The molecule has 0 aromatic heterocycles. The van der Waals surface area contributed by atoms with Gasteiger partial charge in [0.25, 0.3) is 5.91 Å². The van der Waals surface area contributed by atoms with Crippen LogP contribution in [0.15, 0.2) is 36.4 Å². The van der Waals surface area contributed by atoms with E-state index in [1.54, 1.807) is 11.8 Å². The largest absolute Gasteiger partial charge is 0.355 e. The van der Waals surface area contributed by atoms with Gasteiger partial charge in [0, 0.05) is 46.2 Å². The fraction of sp³-hybridized carbons (Fsp3) is 0.423. The number of carbonyl (C=O) groups excluding carboxylic acids is 3. The number of likely N-dealkylation sites (tertiary alicyclic amines) is 2. The average Bonchev–Trinajstić information content (AvgIpc) is 2.75. The molecule has 0 radical (unpaired) electrons. The van der Waals surface area contributed by atoms with Gasteiger partial charge in [-0.2, -0.15) is 0 Å². The summed E-state index contributed by atoms with van der Waals surface area (Å²) in [6, 6.07) is 10.4. The maximum atomic E-state index is 14.3. The van der Waals surface area contributed by atoms with Crippen molar-refractivity contribution in [3.05, 3.63) is 63.9 Å². The second-order valence-corrected chi connectivity index (χ2v) is 10.1. The number of nitrogens with one attached hydrogen (secondary N) is 2. The molecular weight excluding hydrogens is 471 g/mol. The van der Waals surface area contributed by atoms with Crippen molar-refractivity contribution in [1.82, 2.24) is 15.1 Å². The second-order valence-electron chi connectivity index (χ2n) is 9.65. The molecule has 0 saturated carbocycles. The number of hydrogen-bond donors (Lipinski definition) is 2. The number of nitrogens with zero attached hydrogens (tertiary/aromatic N) is 2. The number of rotatable bonds is 6. The van der Waals surface area contributed by atoms with E-state index in [0.29, 0.717) is 26.2 Å². The highest BCUT2D eigenvalue weighted by molar-refractivity contribution is 6.31. The molecule has 186 valence electrons. The van der Waals surface area contributed by atoms with Crippen molar-refractivity contribution in [3.63, 3.8) is 0 Å². The van der Waals surface area contributed by atoms with E-state index in [2.05, 4.69) is 29.4 Å². The second kappa shape index (κ2) is 9.59. The zero-order chi connectivity index (χ0) is 25.5. The molecule has 0 bridgehead atoms. The lowest BCUT2D eigenvalue weighted by molar-refractivity contribution is -0.144. The monoisotopic (exact) mass is 500 g/mol. The number of amides is 3. The molecule has 2 aliphatic heterocycles. The zero-order valence-corrected chi connectivity index (χ0v) is 21.1. The Bertz CT molecular complexity index is 1170. The molecule has 2 saturated heterocycles. The Morgan fingerprint density at radius 3 is 2.40 bits per heavy atom. The predicted octanol–water partition coefficient (Wildman–Crippen LogP) is 3.38. The van der Waals surface area contributed by atoms with Crippen LogP contribution in [0.5, 0.6) is 0 Å². The molecule has 2 fully saturated rings. The Morgan fingerprint density at radius 2 is 1.80 bits per heavy atom. The standard InChI is InChI=1S/C26H30ClFN4O3/c1-15(2)18-7-5-6-8-20(18)26(13-32(14-26)17-11-31(12-17)16(3)33)25(35)30-23-10-22(28)21(27)9-19(23)24(34)29-4/h5-10,15,17H,11-14H2,1-4H3,(H,29,34)(H,30,35). The fourth-order valence-corrected chi connectivity index (χ4v) is 5.10. The third-order valence-electron chi connectivity index (χ3n) is 7.08. The van der Waals surface area contributed by atoms with Crippen molar-refractivity contribution in [3.8, 4) is 0 Å². The Labute approximate surface area is 209 Å². The number of halogens is 2. The minimum Gasteiger partial charge on any atom is -0.355 e. The van der Waals surface area contributed by atoms with Crippen LogP contribution >= 0.6 is 11.6 Å². The molecule has 7 nitrogen and oxygen atoms in total. The molecule has 0 spiro atoms. The van der Waals surface area contributed by atoms with Gasteiger partial charge in [-0.25, -0.2) is 4.39 Å². The van der Waals surface area contributed by atoms with Crippen LogP contribution in [0.3, 0.4) is 0 Å². The third-order valence-corrected chi connectivity index (χ3v) is 7.37. The van der Waals surface area contributed by atoms with Gasteiger partial charge in [0.1, 0.15) is 5.82 Å². The summed E-state index contributed by atoms with van der Waals surface area (Å²) in [4.78, 5) is 41.9. The first kappa shape index (κ1) is 25.1. The number of anilines is 1. The minimum absolute atomic E-state index is 0.0439. The first-order chi connectivity index (χ1) is 16.6. The first-order valence-electron chi connectivity index (χ1n) is 11.7. The molecule has 0 aliphatic carbocycles. The molecule has 3 amide bonds. The third kappa shape index (κ3) is 4.52. The van der Waals surface area contributed by atoms with Crippen molar-refractivity contribution in [1.29, 1.82) is 0 Å². The van der Waals surface area contributed by atoms with E-state index in [1.807, 2.05) is 24.3 Å². The van der Waals surface area contributed by atoms with Crippen molar-refractivity contribution in [2.24, 2.45) is 0 Å². The first-order valence-corrected chi connectivity index (χ1v) is 12.1. The summed E-state index contributed by atoms with van der Waals surface area (Å²) >= 11 is 5.91. The Kier molecular flexibility index (Phi) is 6.88. The van der Waals surface area contributed by atoms with E-state index < -0.39 is 17.1 Å². The average molecular weight is 501 g/mol. The van der Waals surface area contributed by atoms with Crippen molar-refractivity contribution in [2.75, 3.05) is 38.5 Å². The maximum Gasteiger partial charge on any atom is 0.253 e. The minimum atomic E-state index is -0.881. The summed E-state index contributed by atoms with van der Waals surface area (Å²) in [5, 5.41) is 5.14. The van der Waals surface area contributed by atoms with Gasteiger partial charge in [0.15, 0.2) is 0 Å². The molecule has 2 heterocycles. The quantitative estimate of drug-likeness (QED) is 0.637. The highest BCUT2D eigenvalue weighted by atomic mass is 35.5. The number of carbonyl (C=O) groups is 3. The van der Waals surface area contributed by atoms with Crippen molar-refractivity contribution >= 4 is 35.0 Å². The summed E-state index contributed by atoms with van der Waals surface area (Å²) in [6.07, 6.45) is 0. The van der Waals surface area contributed by atoms with Crippen LogP contribution in [0.4, 0.5) is 10.1 Å². The van der Waals surface area contributed by atoms with E-state index in [9.17, 15) is 18.8 Å². The van der Waals surface area contributed by atoms with Crippen LogP contribution in [0.25, 0.3) is 0 Å². The van der Waals surface area contributed by atoms with Crippen LogP contribution in [0.1, 0.15) is 48.2 Å². The van der Waals surface area contributed by atoms with E-state index in [0.717, 1.165) is 17.2 Å². The smallest absolute Gasteiger partial charge is 0.253 e. The van der Waals surface area contributed by atoms with Crippen molar-refractivity contribution in [2.45, 2.75) is 38.1 Å². The summed E-state index contributed by atoms with van der Waals surface area (Å²) in [7, 11) is 1.46. The van der Waals surface area contributed by atoms with E-state index in [4.69, 9.17) is 11.6 Å². The predicted molar refractivity (Wildman–Crippen MR) is 133 cm³/mol. The molecule has 2 aromatic rings. The molecule has 2 aliphatic rings. The molecule has 0 unspecified atom stereocenters. The summed E-state index contributed by atoms with van der Waals surface area (Å²) in [5.74, 6) is -1.27. The van der Waals surface area contributed by atoms with E-state index in [-0.39, 0.29) is 40.0 Å². The maximum absolute atomic E-state index is 14.3. The van der Waals surface area contributed by atoms with Gasteiger partial charge in [-0.1, -0.05) is 49.7 Å². The van der Waals surface area contributed by atoms with Crippen LogP contribution in [0.2, 0.25) is 5.02 Å². The number of benzene rings is 2. The number of hydrogen-bond acceptors (Lipinski definition) is 4. The topological polar surface area (TPSA) is 81.8 Å². The lowest BCUT2D eigenvalue weighted by Gasteiger charge is -2.57. The molecule has 2 N–H and O–H groups in total. The molecule has 4 rings (SSSR count). The summed E-state index contributed by atoms with van der Waals surface area (Å²) in [5.41, 5.74) is 1.26. The van der Waals surface area contributed by atoms with Gasteiger partial charge in [-0.05, 0) is 29.2 Å². The molecule has 2 aromatic carbocycles. The summed E-state index contributed by atoms with van der Waals surface area (Å²) < 4.78 is 14.3.